The summed E-state index contributed by atoms with van der Waals surface area (Å²) >= 11 is 23.0. The monoisotopic (exact) mass is 486 g/mol. The first-order chi connectivity index (χ1) is 10.9. The topological polar surface area (TPSA) is 50.7 Å². The van der Waals surface area contributed by atoms with Gasteiger partial charge in [0.25, 0.3) is 5.17 Å². The predicted molar refractivity (Wildman–Crippen MR) is 98.9 cm³/mol. The van der Waals surface area contributed by atoms with E-state index in [0.29, 0.717) is 37.7 Å². The summed E-state index contributed by atoms with van der Waals surface area (Å²) in [7, 11) is 2.37. The molecule has 0 atom stereocenters. The van der Waals surface area contributed by atoms with Gasteiger partial charge in [-0.2, -0.15) is 0 Å². The molecular weight excluding hydrogens is 475 g/mol. The van der Waals surface area contributed by atoms with Crippen molar-refractivity contribution in [3.63, 3.8) is 0 Å². The molecule has 1 radical (unpaired) electrons. The molecule has 2 N–H and O–H groups in total. The Bertz CT molecular complexity index is 751. The summed E-state index contributed by atoms with van der Waals surface area (Å²) in [5.74, 6) is 0.835. The number of benzene rings is 2. The summed E-state index contributed by atoms with van der Waals surface area (Å²) in [6.07, 6.45) is 0. The molecule has 2 rings (SSSR count). The number of hydrogen-bond acceptors (Lipinski definition) is 4. The summed E-state index contributed by atoms with van der Waals surface area (Å²) in [5, 5.41) is 13.1. The number of thiocarbonyl (C=S) groups is 1. The van der Waals surface area contributed by atoms with E-state index < -0.39 is 0 Å². The largest absolute Gasteiger partial charge is 0.493 e. The number of hydrogen-bond donors (Lipinski definition) is 2. The van der Waals surface area contributed by atoms with Crippen LogP contribution in [0.2, 0.25) is 15.1 Å². The van der Waals surface area contributed by atoms with Crippen LogP contribution in [-0.2, 0) is 21.1 Å². The third-order valence-electron chi connectivity index (χ3n) is 2.79. The van der Waals surface area contributed by atoms with Gasteiger partial charge in [0.05, 0.1) is 17.8 Å². The molecule has 125 valence electrons. The van der Waals surface area contributed by atoms with E-state index in [9.17, 15) is 0 Å². The fraction of sp³-hybridized carbons (Fsp3) is 0.0714. The van der Waals surface area contributed by atoms with Crippen LogP contribution in [0, 0.1) is 0 Å². The number of ether oxygens (including phenoxy) is 2. The minimum absolute atomic E-state index is 0. The van der Waals surface area contributed by atoms with E-state index in [0.717, 1.165) is 7.48 Å². The van der Waals surface area contributed by atoms with Crippen molar-refractivity contribution in [3.8, 4) is 11.5 Å². The normalized spacial score (nSPS) is 9.71. The molecule has 0 saturated carbocycles. The van der Waals surface area contributed by atoms with Crippen molar-refractivity contribution >= 4 is 70.8 Å². The number of rotatable bonds is 4. The zero-order valence-electron chi connectivity index (χ0n) is 12.2. The molecule has 24 heavy (non-hydrogen) atoms. The Labute approximate surface area is 174 Å². The summed E-state index contributed by atoms with van der Waals surface area (Å²) in [6.45, 7) is 0. The average molecular weight is 485 g/mol. The van der Waals surface area contributed by atoms with Gasteiger partial charge in [-0.05, 0) is 41.9 Å². The summed E-state index contributed by atoms with van der Waals surface area (Å²) < 4.78 is 10.7. The molecular formula is C14H10BCl3MoNO3S. The SMILES string of the molecule is COc1cc(Cl)ccc1OC(=S)Nc1cc([B]O)c(Cl)cc1Cl.[Mo]. The maximum Gasteiger partial charge on any atom is 0.328 e. The maximum absolute atomic E-state index is 9.12. The summed E-state index contributed by atoms with van der Waals surface area (Å²) in [4.78, 5) is 0. The van der Waals surface area contributed by atoms with E-state index in [4.69, 9.17) is 61.5 Å². The molecule has 0 aliphatic heterocycles. The molecule has 0 aromatic heterocycles. The smallest absolute Gasteiger partial charge is 0.328 e. The van der Waals surface area contributed by atoms with E-state index in [1.807, 2.05) is 0 Å². The molecule has 10 heteroatoms. The molecule has 0 aliphatic rings. The minimum Gasteiger partial charge on any atom is -0.493 e. The van der Waals surface area contributed by atoms with Crippen LogP contribution < -0.4 is 20.3 Å². The molecule has 0 amide bonds. The van der Waals surface area contributed by atoms with Gasteiger partial charge in [-0.3, -0.25) is 0 Å². The first-order valence-electron chi connectivity index (χ1n) is 6.23. The molecule has 0 fully saturated rings. The van der Waals surface area contributed by atoms with Gasteiger partial charge < -0.3 is 19.8 Å². The Hall–Kier alpha value is -0.487. The van der Waals surface area contributed by atoms with Gasteiger partial charge >= 0.3 is 7.48 Å². The number of anilines is 1. The molecule has 0 bridgehead atoms. The molecule has 0 saturated heterocycles. The Morgan fingerprint density at radius 2 is 1.83 bits per heavy atom. The van der Waals surface area contributed by atoms with Gasteiger partial charge in [-0.1, -0.05) is 34.8 Å². The Kier molecular flexibility index (Phi) is 8.85. The second kappa shape index (κ2) is 9.86. The molecule has 0 aliphatic carbocycles. The van der Waals surface area contributed by atoms with Crippen molar-refractivity contribution in [1.82, 2.24) is 0 Å². The maximum atomic E-state index is 9.12. The Morgan fingerprint density at radius 1 is 1.12 bits per heavy atom. The third-order valence-corrected chi connectivity index (χ3v) is 3.85. The number of halogens is 3. The Morgan fingerprint density at radius 3 is 2.46 bits per heavy atom. The quantitative estimate of drug-likeness (QED) is 0.512. The first kappa shape index (κ1) is 21.6. The fourth-order valence-corrected chi connectivity index (χ4v) is 2.56. The number of nitrogens with one attached hydrogen (secondary N) is 1. The molecule has 0 unspecified atom stereocenters. The van der Waals surface area contributed by atoms with E-state index in [-0.39, 0.29) is 26.2 Å². The summed E-state index contributed by atoms with van der Waals surface area (Å²) in [6, 6.07) is 7.91. The van der Waals surface area contributed by atoms with Crippen LogP contribution in [0.4, 0.5) is 5.69 Å². The van der Waals surface area contributed by atoms with Crippen molar-refractivity contribution in [1.29, 1.82) is 0 Å². The zero-order chi connectivity index (χ0) is 17.0. The molecule has 0 heterocycles. The second-order valence-electron chi connectivity index (χ2n) is 4.29. The Balaban J connectivity index is 0.00000288. The van der Waals surface area contributed by atoms with Crippen LogP contribution in [0.15, 0.2) is 30.3 Å². The standard InChI is InChI=1S/C14H10BCl3NO3S.Mo/c1-21-13-4-7(16)2-3-12(13)22-14(23)19-11-5-8(15-20)9(17)6-10(11)18;/h2-6,20H,1H3,(H,19,23);. The fourth-order valence-electron chi connectivity index (χ4n) is 1.72. The van der Waals surface area contributed by atoms with Gasteiger partial charge in [0.1, 0.15) is 0 Å². The van der Waals surface area contributed by atoms with Crippen molar-refractivity contribution < 1.29 is 35.6 Å². The van der Waals surface area contributed by atoms with Crippen molar-refractivity contribution in [3.05, 3.63) is 45.4 Å². The van der Waals surface area contributed by atoms with Crippen LogP contribution in [0.3, 0.4) is 0 Å². The predicted octanol–water partition coefficient (Wildman–Crippen LogP) is 3.67. The van der Waals surface area contributed by atoms with Gasteiger partial charge in [-0.15, -0.1) is 0 Å². The zero-order valence-corrected chi connectivity index (χ0v) is 17.3. The number of methoxy groups -OCH3 is 1. The van der Waals surface area contributed by atoms with E-state index in [1.54, 1.807) is 24.3 Å². The second-order valence-corrected chi connectivity index (χ2v) is 5.91. The van der Waals surface area contributed by atoms with E-state index >= 15 is 0 Å². The summed E-state index contributed by atoms with van der Waals surface area (Å²) in [5.41, 5.74) is 0.833. The van der Waals surface area contributed by atoms with Gasteiger partial charge in [0.2, 0.25) is 0 Å². The van der Waals surface area contributed by atoms with E-state index in [2.05, 4.69) is 5.32 Å². The third kappa shape index (κ3) is 5.52. The minimum atomic E-state index is 0. The van der Waals surface area contributed by atoms with Crippen LogP contribution in [0.1, 0.15) is 0 Å². The van der Waals surface area contributed by atoms with Gasteiger partial charge in [0.15, 0.2) is 11.5 Å². The molecule has 4 nitrogen and oxygen atoms in total. The molecule has 0 spiro atoms. The molecule has 2 aromatic rings. The average Bonchev–Trinajstić information content (AvgIpc) is 2.51. The van der Waals surface area contributed by atoms with E-state index in [1.165, 1.54) is 13.2 Å². The van der Waals surface area contributed by atoms with Crippen LogP contribution >= 0.6 is 47.0 Å². The van der Waals surface area contributed by atoms with Gasteiger partial charge in [0, 0.05) is 37.2 Å². The molecule has 2 aromatic carbocycles. The van der Waals surface area contributed by atoms with Crippen molar-refractivity contribution in [2.24, 2.45) is 0 Å². The first-order valence-corrected chi connectivity index (χ1v) is 7.77. The van der Waals surface area contributed by atoms with Crippen molar-refractivity contribution in [2.75, 3.05) is 12.4 Å². The van der Waals surface area contributed by atoms with Crippen LogP contribution in [0.5, 0.6) is 11.5 Å². The van der Waals surface area contributed by atoms with Crippen LogP contribution in [0.25, 0.3) is 0 Å². The van der Waals surface area contributed by atoms with Gasteiger partial charge in [-0.25, -0.2) is 0 Å². The van der Waals surface area contributed by atoms with Crippen LogP contribution in [-0.4, -0.2) is 24.8 Å². The van der Waals surface area contributed by atoms with Crippen molar-refractivity contribution in [2.45, 2.75) is 0 Å².